The summed E-state index contributed by atoms with van der Waals surface area (Å²) in [6.45, 7) is 0.822. The van der Waals surface area contributed by atoms with Crippen LogP contribution < -0.4 is 10.5 Å². The SMILES string of the molecule is CN1CC(CN)NS1(=O)=O. The molecule has 0 aromatic rings. The van der Waals surface area contributed by atoms with Gasteiger partial charge >= 0.3 is 0 Å². The second kappa shape index (κ2) is 2.46. The maximum Gasteiger partial charge on any atom is 0.279 e. The average Bonchev–Trinajstić information content (AvgIpc) is 2.08. The van der Waals surface area contributed by atoms with Gasteiger partial charge in [-0.25, -0.2) is 0 Å². The Morgan fingerprint density at radius 1 is 1.80 bits per heavy atom. The van der Waals surface area contributed by atoms with Gasteiger partial charge in [-0.15, -0.1) is 0 Å². The first-order valence-electron chi connectivity index (χ1n) is 3.00. The third-order valence-corrected chi connectivity index (χ3v) is 3.09. The van der Waals surface area contributed by atoms with E-state index in [4.69, 9.17) is 5.73 Å². The molecule has 1 aliphatic heterocycles. The largest absolute Gasteiger partial charge is 0.329 e. The Labute approximate surface area is 60.4 Å². The van der Waals surface area contributed by atoms with Crippen LogP contribution >= 0.6 is 0 Å². The Morgan fingerprint density at radius 2 is 2.40 bits per heavy atom. The van der Waals surface area contributed by atoms with Crippen LogP contribution in [0.2, 0.25) is 0 Å². The normalized spacial score (nSPS) is 32.8. The number of rotatable bonds is 1. The number of hydrogen-bond acceptors (Lipinski definition) is 3. The minimum atomic E-state index is -3.18. The van der Waals surface area contributed by atoms with Gasteiger partial charge in [0.2, 0.25) is 0 Å². The highest BCUT2D eigenvalue weighted by Gasteiger charge is 2.30. The maximum atomic E-state index is 10.9. The Hall–Kier alpha value is -0.170. The predicted molar refractivity (Wildman–Crippen MR) is 37.5 cm³/mol. The molecule has 6 heteroatoms. The van der Waals surface area contributed by atoms with Gasteiger partial charge in [0.25, 0.3) is 10.2 Å². The van der Waals surface area contributed by atoms with E-state index in [0.29, 0.717) is 13.1 Å². The van der Waals surface area contributed by atoms with Gasteiger partial charge in [-0.05, 0) is 0 Å². The molecular formula is C4H11N3O2S. The molecule has 1 fully saturated rings. The lowest BCUT2D eigenvalue weighted by Gasteiger charge is -2.02. The van der Waals surface area contributed by atoms with Crippen LogP contribution in [0.1, 0.15) is 0 Å². The number of nitrogens with one attached hydrogen (secondary N) is 1. The van der Waals surface area contributed by atoms with E-state index in [9.17, 15) is 8.42 Å². The van der Waals surface area contributed by atoms with E-state index in [-0.39, 0.29) is 6.04 Å². The van der Waals surface area contributed by atoms with Crippen molar-refractivity contribution in [2.75, 3.05) is 20.1 Å². The van der Waals surface area contributed by atoms with Crippen molar-refractivity contribution in [2.45, 2.75) is 6.04 Å². The smallest absolute Gasteiger partial charge is 0.279 e. The summed E-state index contributed by atoms with van der Waals surface area (Å²) < 4.78 is 25.4. The number of hydrogen-bond donors (Lipinski definition) is 2. The van der Waals surface area contributed by atoms with Gasteiger partial charge in [0, 0.05) is 26.2 Å². The van der Waals surface area contributed by atoms with Crippen LogP contribution in [0.3, 0.4) is 0 Å². The van der Waals surface area contributed by atoms with Gasteiger partial charge < -0.3 is 5.73 Å². The van der Waals surface area contributed by atoms with Gasteiger partial charge in [-0.1, -0.05) is 0 Å². The van der Waals surface area contributed by atoms with E-state index in [2.05, 4.69) is 4.72 Å². The van der Waals surface area contributed by atoms with Crippen molar-refractivity contribution in [1.29, 1.82) is 0 Å². The molecular weight excluding hydrogens is 154 g/mol. The highest BCUT2D eigenvalue weighted by atomic mass is 32.2. The molecule has 1 rings (SSSR count). The molecule has 0 radical (unpaired) electrons. The summed E-state index contributed by atoms with van der Waals surface area (Å²) in [5.41, 5.74) is 5.26. The Bertz CT molecular complexity index is 213. The summed E-state index contributed by atoms with van der Waals surface area (Å²) in [4.78, 5) is 0. The molecule has 1 heterocycles. The number of nitrogens with two attached hydrogens (primary N) is 1. The summed E-state index contributed by atoms with van der Waals surface area (Å²) in [5, 5.41) is 0. The fraction of sp³-hybridized carbons (Fsp3) is 1.00. The molecule has 0 aromatic carbocycles. The van der Waals surface area contributed by atoms with E-state index in [1.807, 2.05) is 0 Å². The molecule has 1 atom stereocenters. The molecule has 0 amide bonds. The highest BCUT2D eigenvalue weighted by molar-refractivity contribution is 7.87. The quantitative estimate of drug-likeness (QED) is 0.476. The van der Waals surface area contributed by atoms with E-state index >= 15 is 0 Å². The summed E-state index contributed by atoms with van der Waals surface area (Å²) in [6.07, 6.45) is 0. The van der Waals surface area contributed by atoms with Gasteiger partial charge in [-0.3, -0.25) is 0 Å². The molecule has 1 saturated heterocycles. The summed E-state index contributed by atoms with van der Waals surface area (Å²) in [7, 11) is -1.66. The monoisotopic (exact) mass is 165 g/mol. The third kappa shape index (κ3) is 1.29. The molecule has 10 heavy (non-hydrogen) atoms. The maximum absolute atomic E-state index is 10.9. The second-order valence-corrected chi connectivity index (χ2v) is 4.15. The molecule has 0 spiro atoms. The van der Waals surface area contributed by atoms with Gasteiger partial charge in [-0.2, -0.15) is 17.4 Å². The lowest BCUT2D eigenvalue weighted by Crippen LogP contribution is -2.33. The fourth-order valence-corrected chi connectivity index (χ4v) is 2.02. The molecule has 1 aliphatic rings. The van der Waals surface area contributed by atoms with Crippen molar-refractivity contribution in [3.63, 3.8) is 0 Å². The topological polar surface area (TPSA) is 75.4 Å². The van der Waals surface area contributed by atoms with E-state index in [0.717, 1.165) is 0 Å². The lowest BCUT2D eigenvalue weighted by molar-refractivity contribution is 0.491. The summed E-state index contributed by atoms with van der Waals surface area (Å²) in [5.74, 6) is 0. The summed E-state index contributed by atoms with van der Waals surface area (Å²) in [6, 6.07) is -0.116. The predicted octanol–water partition coefficient (Wildman–Crippen LogP) is -1.91. The van der Waals surface area contributed by atoms with Crippen LogP contribution in [0.15, 0.2) is 0 Å². The number of likely N-dealkylation sites (N-methyl/N-ethyl adjacent to an activating group) is 1. The highest BCUT2D eigenvalue weighted by Crippen LogP contribution is 2.04. The Kier molecular flexibility index (Phi) is 1.95. The van der Waals surface area contributed by atoms with Crippen molar-refractivity contribution < 1.29 is 8.42 Å². The lowest BCUT2D eigenvalue weighted by atomic mass is 10.3. The second-order valence-electron chi connectivity index (χ2n) is 2.34. The molecule has 5 nitrogen and oxygen atoms in total. The van der Waals surface area contributed by atoms with E-state index < -0.39 is 10.2 Å². The van der Waals surface area contributed by atoms with E-state index in [1.165, 1.54) is 11.4 Å². The first-order chi connectivity index (χ1) is 4.56. The zero-order valence-electron chi connectivity index (χ0n) is 5.74. The minimum absolute atomic E-state index is 0.116. The van der Waals surface area contributed by atoms with Crippen molar-refractivity contribution in [2.24, 2.45) is 5.73 Å². The zero-order valence-corrected chi connectivity index (χ0v) is 6.56. The average molecular weight is 165 g/mol. The van der Waals surface area contributed by atoms with Crippen LogP contribution in [-0.2, 0) is 10.2 Å². The number of nitrogens with zero attached hydrogens (tertiary/aromatic N) is 1. The van der Waals surface area contributed by atoms with Gasteiger partial charge in [0.15, 0.2) is 0 Å². The van der Waals surface area contributed by atoms with Crippen LogP contribution in [-0.4, -0.2) is 38.9 Å². The first-order valence-corrected chi connectivity index (χ1v) is 4.44. The van der Waals surface area contributed by atoms with Crippen LogP contribution in [0.25, 0.3) is 0 Å². The molecule has 60 valence electrons. The molecule has 0 saturated carbocycles. The van der Waals surface area contributed by atoms with E-state index in [1.54, 1.807) is 0 Å². The summed E-state index contributed by atoms with van der Waals surface area (Å²) >= 11 is 0. The van der Waals surface area contributed by atoms with Crippen LogP contribution in [0, 0.1) is 0 Å². The molecule has 0 bridgehead atoms. The molecule has 1 unspecified atom stereocenters. The van der Waals surface area contributed by atoms with Crippen molar-refractivity contribution in [3.05, 3.63) is 0 Å². The zero-order chi connectivity index (χ0) is 7.78. The van der Waals surface area contributed by atoms with Gasteiger partial charge in [0.1, 0.15) is 0 Å². The van der Waals surface area contributed by atoms with Crippen molar-refractivity contribution >= 4 is 10.2 Å². The Balaban J connectivity index is 2.71. The Morgan fingerprint density at radius 3 is 2.60 bits per heavy atom. The van der Waals surface area contributed by atoms with Crippen LogP contribution in [0.5, 0.6) is 0 Å². The van der Waals surface area contributed by atoms with Crippen molar-refractivity contribution in [1.82, 2.24) is 9.03 Å². The van der Waals surface area contributed by atoms with Crippen molar-refractivity contribution in [3.8, 4) is 0 Å². The third-order valence-electron chi connectivity index (χ3n) is 1.49. The standard InChI is InChI=1S/C4H11N3O2S/c1-7-3-4(2-5)6-10(7,8)9/h4,6H,2-3,5H2,1H3. The molecule has 0 aliphatic carbocycles. The minimum Gasteiger partial charge on any atom is -0.329 e. The first kappa shape index (κ1) is 7.93. The van der Waals surface area contributed by atoms with Gasteiger partial charge in [0.05, 0.1) is 0 Å². The molecule has 3 N–H and O–H groups in total. The molecule has 0 aromatic heterocycles. The van der Waals surface area contributed by atoms with Crippen LogP contribution in [0.4, 0.5) is 0 Å². The fourth-order valence-electron chi connectivity index (χ4n) is 0.869.